The zero-order valence-electron chi connectivity index (χ0n) is 12.4. The highest BCUT2D eigenvalue weighted by atomic mass is 79.9. The van der Waals surface area contributed by atoms with E-state index in [1.54, 1.807) is 21.1 Å². The molecule has 0 fully saturated rings. The van der Waals surface area contributed by atoms with Crippen LogP contribution in [-0.4, -0.2) is 39.4 Å². The zero-order valence-corrected chi connectivity index (χ0v) is 14.0. The number of methoxy groups -OCH3 is 2. The number of amides is 1. The van der Waals surface area contributed by atoms with Gasteiger partial charge in [-0.3, -0.25) is 4.79 Å². The van der Waals surface area contributed by atoms with Gasteiger partial charge in [-0.2, -0.15) is 0 Å². The van der Waals surface area contributed by atoms with Crippen LogP contribution < -0.4 is 20.5 Å². The highest BCUT2D eigenvalue weighted by Gasteiger charge is 2.17. The molecule has 7 heteroatoms. The van der Waals surface area contributed by atoms with E-state index < -0.39 is 12.0 Å². The molecule has 118 valence electrons. The molecular weight excluding hydrogens is 340 g/mol. The summed E-state index contributed by atoms with van der Waals surface area (Å²) < 4.78 is 16.5. The van der Waals surface area contributed by atoms with Gasteiger partial charge in [0.2, 0.25) is 0 Å². The lowest BCUT2D eigenvalue weighted by Gasteiger charge is -2.17. The van der Waals surface area contributed by atoms with Gasteiger partial charge < -0.3 is 25.3 Å². The summed E-state index contributed by atoms with van der Waals surface area (Å²) >= 11 is 3.43. The van der Waals surface area contributed by atoms with Gasteiger partial charge >= 0.3 is 0 Å². The predicted molar refractivity (Wildman–Crippen MR) is 83.6 cm³/mol. The van der Waals surface area contributed by atoms with Crippen molar-refractivity contribution in [1.82, 2.24) is 5.32 Å². The molecule has 0 aliphatic carbocycles. The Morgan fingerprint density at radius 3 is 2.71 bits per heavy atom. The van der Waals surface area contributed by atoms with Gasteiger partial charge in [-0.05, 0) is 40.5 Å². The Kier molecular flexibility index (Phi) is 7.49. The first-order valence-electron chi connectivity index (χ1n) is 6.51. The van der Waals surface area contributed by atoms with Crippen molar-refractivity contribution in [3.8, 4) is 11.5 Å². The molecule has 0 saturated carbocycles. The molecule has 0 spiro atoms. The van der Waals surface area contributed by atoms with Crippen LogP contribution in [0.5, 0.6) is 11.5 Å². The zero-order chi connectivity index (χ0) is 15.8. The first kappa shape index (κ1) is 17.7. The number of hydrogen-bond donors (Lipinski definition) is 2. The first-order chi connectivity index (χ1) is 9.99. The molecule has 6 nitrogen and oxygen atoms in total. The van der Waals surface area contributed by atoms with Crippen LogP contribution in [0.1, 0.15) is 12.5 Å². The van der Waals surface area contributed by atoms with E-state index in [0.29, 0.717) is 29.1 Å². The van der Waals surface area contributed by atoms with Crippen molar-refractivity contribution in [3.05, 3.63) is 22.2 Å². The lowest BCUT2D eigenvalue weighted by atomic mass is 10.2. The number of ether oxygens (including phenoxy) is 3. The van der Waals surface area contributed by atoms with Crippen molar-refractivity contribution in [3.63, 3.8) is 0 Å². The minimum atomic E-state index is -0.735. The molecule has 21 heavy (non-hydrogen) atoms. The average molecular weight is 361 g/mol. The van der Waals surface area contributed by atoms with Crippen LogP contribution in [0.15, 0.2) is 16.6 Å². The Bertz CT molecular complexity index is 482. The van der Waals surface area contributed by atoms with Crippen LogP contribution in [0, 0.1) is 0 Å². The maximum atomic E-state index is 11.1. The van der Waals surface area contributed by atoms with Crippen molar-refractivity contribution in [2.75, 3.05) is 27.4 Å². The van der Waals surface area contributed by atoms with E-state index in [9.17, 15) is 4.79 Å². The van der Waals surface area contributed by atoms with E-state index in [4.69, 9.17) is 19.9 Å². The molecule has 1 unspecified atom stereocenters. The maximum Gasteiger partial charge on any atom is 0.258 e. The van der Waals surface area contributed by atoms with E-state index in [-0.39, 0.29) is 0 Å². The van der Waals surface area contributed by atoms with Gasteiger partial charge in [-0.25, -0.2) is 0 Å². The monoisotopic (exact) mass is 360 g/mol. The number of halogens is 1. The lowest BCUT2D eigenvalue weighted by Crippen LogP contribution is -2.30. The Morgan fingerprint density at radius 1 is 1.43 bits per heavy atom. The van der Waals surface area contributed by atoms with Crippen LogP contribution >= 0.6 is 15.9 Å². The number of primary amides is 1. The third-order valence-electron chi connectivity index (χ3n) is 2.80. The van der Waals surface area contributed by atoms with Crippen molar-refractivity contribution in [2.24, 2.45) is 5.73 Å². The normalized spacial score (nSPS) is 12.0. The van der Waals surface area contributed by atoms with E-state index in [1.807, 2.05) is 12.1 Å². The first-order valence-corrected chi connectivity index (χ1v) is 7.31. The molecule has 0 bridgehead atoms. The number of hydrogen-bond acceptors (Lipinski definition) is 5. The molecule has 1 aromatic carbocycles. The molecule has 3 N–H and O–H groups in total. The van der Waals surface area contributed by atoms with Gasteiger partial charge in [0.1, 0.15) is 0 Å². The second-order valence-electron chi connectivity index (χ2n) is 4.44. The molecule has 0 aromatic heterocycles. The number of nitrogens with one attached hydrogen (secondary N) is 1. The van der Waals surface area contributed by atoms with Crippen molar-refractivity contribution in [1.29, 1.82) is 0 Å². The Labute approximate surface area is 133 Å². The SMILES string of the molecule is COCCNCc1cc(Br)c(OC(C)C(N)=O)c(OC)c1. The Morgan fingerprint density at radius 2 is 2.14 bits per heavy atom. The molecule has 0 saturated heterocycles. The van der Waals surface area contributed by atoms with Crippen molar-refractivity contribution >= 4 is 21.8 Å². The molecule has 1 aromatic rings. The summed E-state index contributed by atoms with van der Waals surface area (Å²) in [6.07, 6.45) is -0.735. The highest BCUT2D eigenvalue weighted by molar-refractivity contribution is 9.10. The minimum Gasteiger partial charge on any atom is -0.493 e. The second-order valence-corrected chi connectivity index (χ2v) is 5.30. The molecule has 1 rings (SSSR count). The largest absolute Gasteiger partial charge is 0.493 e. The summed E-state index contributed by atoms with van der Waals surface area (Å²) in [4.78, 5) is 11.1. The van der Waals surface area contributed by atoms with Crippen LogP contribution in [0.2, 0.25) is 0 Å². The molecule has 0 aliphatic heterocycles. The molecule has 0 radical (unpaired) electrons. The van der Waals surface area contributed by atoms with Crippen molar-refractivity contribution in [2.45, 2.75) is 19.6 Å². The van der Waals surface area contributed by atoms with E-state index in [1.165, 1.54) is 0 Å². The summed E-state index contributed by atoms with van der Waals surface area (Å²) in [5.41, 5.74) is 6.23. The number of benzene rings is 1. The fraction of sp³-hybridized carbons (Fsp3) is 0.500. The number of rotatable bonds is 9. The highest BCUT2D eigenvalue weighted by Crippen LogP contribution is 2.37. The topological polar surface area (TPSA) is 82.8 Å². The Hall–Kier alpha value is -1.31. The van der Waals surface area contributed by atoms with Gasteiger partial charge in [0.15, 0.2) is 17.6 Å². The Balaban J connectivity index is 2.84. The smallest absolute Gasteiger partial charge is 0.258 e. The van der Waals surface area contributed by atoms with Crippen LogP contribution in [0.25, 0.3) is 0 Å². The molecule has 0 heterocycles. The quantitative estimate of drug-likeness (QED) is 0.651. The molecule has 1 amide bonds. The third kappa shape index (κ3) is 5.53. The van der Waals surface area contributed by atoms with Gasteiger partial charge in [0.05, 0.1) is 18.2 Å². The van der Waals surface area contributed by atoms with Gasteiger partial charge in [-0.1, -0.05) is 0 Å². The predicted octanol–water partition coefficient (Wildman–Crippen LogP) is 1.45. The van der Waals surface area contributed by atoms with Crippen LogP contribution in [-0.2, 0) is 16.1 Å². The molecule has 1 atom stereocenters. The van der Waals surface area contributed by atoms with Gasteiger partial charge in [0.25, 0.3) is 5.91 Å². The van der Waals surface area contributed by atoms with Crippen LogP contribution in [0.3, 0.4) is 0 Å². The van der Waals surface area contributed by atoms with Crippen LogP contribution in [0.4, 0.5) is 0 Å². The minimum absolute atomic E-state index is 0.462. The van der Waals surface area contributed by atoms with Crippen molar-refractivity contribution < 1.29 is 19.0 Å². The number of carbonyl (C=O) groups is 1. The van der Waals surface area contributed by atoms with E-state index in [2.05, 4.69) is 21.2 Å². The van der Waals surface area contributed by atoms with Gasteiger partial charge in [-0.15, -0.1) is 0 Å². The summed E-state index contributed by atoms with van der Waals surface area (Å²) in [5, 5.41) is 3.24. The third-order valence-corrected chi connectivity index (χ3v) is 3.39. The summed E-state index contributed by atoms with van der Waals surface area (Å²) in [7, 11) is 3.21. The second kappa shape index (κ2) is 8.86. The summed E-state index contributed by atoms with van der Waals surface area (Å²) in [6.45, 7) is 3.67. The standard InChI is InChI=1S/C14H21BrN2O4/c1-9(14(16)18)21-13-11(15)6-10(7-12(13)20-3)8-17-4-5-19-2/h6-7,9,17H,4-5,8H2,1-3H3,(H2,16,18). The number of carbonyl (C=O) groups excluding carboxylic acids is 1. The summed E-state index contributed by atoms with van der Waals surface area (Å²) in [5.74, 6) is 0.472. The fourth-order valence-corrected chi connectivity index (χ4v) is 2.21. The van der Waals surface area contributed by atoms with E-state index in [0.717, 1.165) is 12.1 Å². The van der Waals surface area contributed by atoms with E-state index >= 15 is 0 Å². The fourth-order valence-electron chi connectivity index (χ4n) is 1.63. The summed E-state index contributed by atoms with van der Waals surface area (Å²) in [6, 6.07) is 3.76. The lowest BCUT2D eigenvalue weighted by molar-refractivity contribution is -0.124. The maximum absolute atomic E-state index is 11.1. The van der Waals surface area contributed by atoms with Gasteiger partial charge in [0, 0.05) is 20.2 Å². The molecule has 0 aliphatic rings. The number of nitrogens with two attached hydrogens (primary N) is 1. The molecular formula is C14H21BrN2O4. The average Bonchev–Trinajstić information content (AvgIpc) is 2.45.